The highest BCUT2D eigenvalue weighted by molar-refractivity contribution is 6.15. The van der Waals surface area contributed by atoms with Gasteiger partial charge in [-0.15, -0.1) is 0 Å². The topological polar surface area (TPSA) is 29.7 Å². The number of hydrogen-bond donors (Lipinski definition) is 0. The Morgan fingerprint density at radius 2 is 1.80 bits per heavy atom. The standard InChI is InChI=1S/C20H19F2N3/c1-19(2)17-15(6-5-7-16(17)22)18(24-20(19,3)4)12-8-14-9-13(21)11-25(14)23-10-12/h5-11H,1-4H3. The van der Waals surface area contributed by atoms with Gasteiger partial charge in [0.2, 0.25) is 0 Å². The van der Waals surface area contributed by atoms with Crippen molar-refractivity contribution in [3.8, 4) is 0 Å². The molecule has 1 aromatic carbocycles. The predicted molar refractivity (Wildman–Crippen MR) is 94.3 cm³/mol. The highest BCUT2D eigenvalue weighted by atomic mass is 19.1. The maximum Gasteiger partial charge on any atom is 0.143 e. The van der Waals surface area contributed by atoms with E-state index in [1.807, 2.05) is 39.8 Å². The lowest BCUT2D eigenvalue weighted by Gasteiger charge is -2.44. The first-order valence-electron chi connectivity index (χ1n) is 8.24. The van der Waals surface area contributed by atoms with Crippen molar-refractivity contribution < 1.29 is 8.78 Å². The van der Waals surface area contributed by atoms with Gasteiger partial charge in [-0.1, -0.05) is 26.0 Å². The van der Waals surface area contributed by atoms with Crippen molar-refractivity contribution in [2.75, 3.05) is 0 Å². The number of benzene rings is 1. The molecular weight excluding hydrogens is 320 g/mol. The summed E-state index contributed by atoms with van der Waals surface area (Å²) in [5, 5.41) is 4.26. The largest absolute Gasteiger partial charge is 0.277 e. The van der Waals surface area contributed by atoms with Crippen LogP contribution in [-0.2, 0) is 5.41 Å². The molecule has 0 aliphatic carbocycles. The molecule has 0 saturated heterocycles. The third kappa shape index (κ3) is 2.22. The summed E-state index contributed by atoms with van der Waals surface area (Å²) in [5.41, 5.74) is 2.54. The third-order valence-electron chi connectivity index (χ3n) is 5.51. The van der Waals surface area contributed by atoms with Crippen LogP contribution in [0.25, 0.3) is 5.52 Å². The minimum Gasteiger partial charge on any atom is -0.277 e. The van der Waals surface area contributed by atoms with Crippen LogP contribution in [-0.4, -0.2) is 20.9 Å². The van der Waals surface area contributed by atoms with Gasteiger partial charge in [0, 0.05) is 28.2 Å². The van der Waals surface area contributed by atoms with Gasteiger partial charge in [0.1, 0.15) is 11.6 Å². The van der Waals surface area contributed by atoms with Gasteiger partial charge in [-0.2, -0.15) is 5.10 Å². The molecule has 0 bridgehead atoms. The van der Waals surface area contributed by atoms with Crippen molar-refractivity contribution in [2.24, 2.45) is 4.99 Å². The Morgan fingerprint density at radius 3 is 2.56 bits per heavy atom. The molecule has 128 valence electrons. The SMILES string of the molecule is CC1(C)N=C(c2cnn3cc(F)cc3c2)c2cccc(F)c2C1(C)C. The van der Waals surface area contributed by atoms with E-state index in [2.05, 4.69) is 5.10 Å². The molecule has 0 N–H and O–H groups in total. The molecular formula is C20H19F2N3. The lowest BCUT2D eigenvalue weighted by molar-refractivity contribution is 0.293. The van der Waals surface area contributed by atoms with E-state index in [0.29, 0.717) is 16.8 Å². The molecule has 0 atom stereocenters. The first-order chi connectivity index (χ1) is 11.7. The van der Waals surface area contributed by atoms with Gasteiger partial charge in [-0.3, -0.25) is 4.99 Å². The molecule has 0 amide bonds. The van der Waals surface area contributed by atoms with E-state index >= 15 is 0 Å². The molecule has 0 spiro atoms. The van der Waals surface area contributed by atoms with Gasteiger partial charge in [-0.05, 0) is 26.0 Å². The van der Waals surface area contributed by atoms with E-state index in [0.717, 1.165) is 11.1 Å². The molecule has 3 aromatic rings. The van der Waals surface area contributed by atoms with Gasteiger partial charge in [-0.25, -0.2) is 13.3 Å². The lowest BCUT2D eigenvalue weighted by Crippen LogP contribution is -2.46. The van der Waals surface area contributed by atoms with Gasteiger partial charge >= 0.3 is 0 Å². The van der Waals surface area contributed by atoms with Crippen LogP contribution >= 0.6 is 0 Å². The van der Waals surface area contributed by atoms with Crippen LogP contribution in [0.15, 0.2) is 47.7 Å². The fraction of sp³-hybridized carbons (Fsp3) is 0.300. The summed E-state index contributed by atoms with van der Waals surface area (Å²) >= 11 is 0. The lowest BCUT2D eigenvalue weighted by atomic mass is 9.65. The quantitative estimate of drug-likeness (QED) is 0.641. The van der Waals surface area contributed by atoms with Crippen LogP contribution in [0.5, 0.6) is 0 Å². The van der Waals surface area contributed by atoms with Crippen LogP contribution in [0.2, 0.25) is 0 Å². The molecule has 0 fully saturated rings. The van der Waals surface area contributed by atoms with Crippen molar-refractivity contribution in [1.29, 1.82) is 0 Å². The first kappa shape index (κ1) is 15.9. The molecule has 3 heterocycles. The van der Waals surface area contributed by atoms with E-state index in [1.54, 1.807) is 12.3 Å². The highest BCUT2D eigenvalue weighted by Gasteiger charge is 2.45. The zero-order chi connectivity index (χ0) is 18.0. The van der Waals surface area contributed by atoms with Crippen molar-refractivity contribution in [1.82, 2.24) is 9.61 Å². The first-order valence-corrected chi connectivity index (χ1v) is 8.24. The zero-order valence-corrected chi connectivity index (χ0v) is 14.6. The summed E-state index contributed by atoms with van der Waals surface area (Å²) < 4.78 is 29.7. The summed E-state index contributed by atoms with van der Waals surface area (Å²) in [6.07, 6.45) is 2.97. The Labute approximate surface area is 145 Å². The minimum atomic E-state index is -0.503. The molecule has 4 rings (SSSR count). The second-order valence-corrected chi connectivity index (χ2v) is 7.58. The van der Waals surface area contributed by atoms with Crippen LogP contribution < -0.4 is 0 Å². The Morgan fingerprint density at radius 1 is 1.04 bits per heavy atom. The molecule has 0 saturated carbocycles. The van der Waals surface area contributed by atoms with Gasteiger partial charge in [0.25, 0.3) is 0 Å². The molecule has 2 aromatic heterocycles. The Bertz CT molecular complexity index is 1030. The molecule has 25 heavy (non-hydrogen) atoms. The fourth-order valence-corrected chi connectivity index (χ4v) is 3.46. The van der Waals surface area contributed by atoms with Gasteiger partial charge in [0.15, 0.2) is 0 Å². The van der Waals surface area contributed by atoms with Crippen molar-refractivity contribution in [3.05, 3.63) is 71.1 Å². The van der Waals surface area contributed by atoms with Crippen LogP contribution in [0, 0.1) is 11.6 Å². The molecule has 0 radical (unpaired) electrons. The average Bonchev–Trinajstić information content (AvgIpc) is 2.90. The highest BCUT2D eigenvalue weighted by Crippen LogP contribution is 2.44. The summed E-state index contributed by atoms with van der Waals surface area (Å²) in [6.45, 7) is 8.04. The summed E-state index contributed by atoms with van der Waals surface area (Å²) in [7, 11) is 0. The number of aliphatic imine (C=N–C) groups is 1. The predicted octanol–water partition coefficient (Wildman–Crippen LogP) is 4.52. The number of hydrogen-bond acceptors (Lipinski definition) is 2. The van der Waals surface area contributed by atoms with E-state index in [1.165, 1.54) is 22.8 Å². The summed E-state index contributed by atoms with van der Waals surface area (Å²) in [4.78, 5) is 4.94. The molecule has 3 nitrogen and oxygen atoms in total. The van der Waals surface area contributed by atoms with Crippen molar-refractivity contribution in [2.45, 2.75) is 38.6 Å². The Balaban J connectivity index is 2.00. The Kier molecular flexibility index (Phi) is 3.17. The van der Waals surface area contributed by atoms with E-state index in [4.69, 9.17) is 4.99 Å². The number of rotatable bonds is 1. The second-order valence-electron chi connectivity index (χ2n) is 7.58. The second kappa shape index (κ2) is 4.97. The van der Waals surface area contributed by atoms with Crippen LogP contribution in [0.4, 0.5) is 8.78 Å². The monoisotopic (exact) mass is 339 g/mol. The van der Waals surface area contributed by atoms with E-state index in [-0.39, 0.29) is 11.6 Å². The number of aromatic nitrogens is 2. The molecule has 1 aliphatic heterocycles. The van der Waals surface area contributed by atoms with Gasteiger partial charge < -0.3 is 0 Å². The van der Waals surface area contributed by atoms with Crippen LogP contribution in [0.3, 0.4) is 0 Å². The summed E-state index contributed by atoms with van der Waals surface area (Å²) in [5.74, 6) is -0.575. The smallest absolute Gasteiger partial charge is 0.143 e. The normalized spacial score (nSPS) is 18.1. The zero-order valence-electron chi connectivity index (χ0n) is 14.6. The number of fused-ring (bicyclic) bond motifs is 2. The van der Waals surface area contributed by atoms with Crippen molar-refractivity contribution in [3.63, 3.8) is 0 Å². The Hall–Kier alpha value is -2.56. The van der Waals surface area contributed by atoms with Gasteiger partial charge in [0.05, 0.1) is 29.2 Å². The number of nitrogens with zero attached hydrogens (tertiary/aromatic N) is 3. The maximum absolute atomic E-state index is 14.7. The minimum absolute atomic E-state index is 0.231. The third-order valence-corrected chi connectivity index (χ3v) is 5.51. The summed E-state index contributed by atoms with van der Waals surface area (Å²) in [6, 6.07) is 8.32. The van der Waals surface area contributed by atoms with Crippen molar-refractivity contribution >= 4 is 11.2 Å². The molecule has 1 aliphatic rings. The fourth-order valence-electron chi connectivity index (χ4n) is 3.46. The van der Waals surface area contributed by atoms with Crippen LogP contribution in [0.1, 0.15) is 44.4 Å². The van der Waals surface area contributed by atoms with E-state index < -0.39 is 11.0 Å². The maximum atomic E-state index is 14.7. The average molecular weight is 339 g/mol. The van der Waals surface area contributed by atoms with E-state index in [9.17, 15) is 8.78 Å². The molecule has 0 unspecified atom stereocenters. The number of halogens is 2. The molecule has 5 heteroatoms.